The van der Waals surface area contributed by atoms with Gasteiger partial charge in [0.2, 0.25) is 5.91 Å². The minimum atomic E-state index is -0.320. The minimum absolute atomic E-state index is 0.0942. The van der Waals surface area contributed by atoms with Gasteiger partial charge in [0.15, 0.2) is 0 Å². The van der Waals surface area contributed by atoms with Crippen LogP contribution in [0.25, 0.3) is 0 Å². The number of rotatable bonds is 5. The Morgan fingerprint density at radius 1 is 1.04 bits per heavy atom. The Bertz CT molecular complexity index is 706. The number of hydrogen-bond donors (Lipinski definition) is 2. The van der Waals surface area contributed by atoms with E-state index >= 15 is 0 Å². The van der Waals surface area contributed by atoms with Gasteiger partial charge in [0.05, 0.1) is 13.7 Å². The molecule has 5 heteroatoms. The molecular weight excluding hydrogens is 292 g/mol. The van der Waals surface area contributed by atoms with Gasteiger partial charge in [0.1, 0.15) is 5.75 Å². The third kappa shape index (κ3) is 4.85. The average Bonchev–Trinajstić information content (AvgIpc) is 2.51. The molecule has 2 N–H and O–H groups in total. The van der Waals surface area contributed by atoms with E-state index in [0.29, 0.717) is 11.3 Å². The van der Waals surface area contributed by atoms with Crippen LogP contribution in [0.4, 0.5) is 5.69 Å². The van der Waals surface area contributed by atoms with Crippen LogP contribution in [0.2, 0.25) is 0 Å². The van der Waals surface area contributed by atoms with Crippen LogP contribution in [0.1, 0.15) is 21.5 Å². The number of nitrogens with one attached hydrogen (secondary N) is 2. The zero-order chi connectivity index (χ0) is 16.8. The Kier molecular flexibility index (Phi) is 5.36. The fourth-order valence-electron chi connectivity index (χ4n) is 2.28. The predicted octanol–water partition coefficient (Wildman–Crippen LogP) is 2.68. The largest absolute Gasteiger partial charge is 0.497 e. The van der Waals surface area contributed by atoms with Crippen LogP contribution in [-0.2, 0) is 4.79 Å². The first-order chi connectivity index (χ1) is 11.0. The summed E-state index contributed by atoms with van der Waals surface area (Å²) in [4.78, 5) is 24.0. The van der Waals surface area contributed by atoms with E-state index in [2.05, 4.69) is 10.6 Å². The molecule has 120 valence electrons. The number of anilines is 1. The normalized spacial score (nSPS) is 10.0. The summed E-state index contributed by atoms with van der Waals surface area (Å²) in [6.07, 6.45) is 0. The quantitative estimate of drug-likeness (QED) is 0.892. The Morgan fingerprint density at radius 2 is 1.74 bits per heavy atom. The van der Waals surface area contributed by atoms with Gasteiger partial charge in [0.25, 0.3) is 5.91 Å². The maximum atomic E-state index is 12.0. The summed E-state index contributed by atoms with van der Waals surface area (Å²) in [5.74, 6) is 0.00283. The van der Waals surface area contributed by atoms with E-state index in [1.165, 1.54) is 7.11 Å². The molecule has 0 fully saturated rings. The highest BCUT2D eigenvalue weighted by Gasteiger charge is 2.09. The molecule has 0 aliphatic heterocycles. The lowest BCUT2D eigenvalue weighted by Crippen LogP contribution is -2.32. The number of amides is 2. The highest BCUT2D eigenvalue weighted by molar-refractivity contribution is 5.99. The number of carbonyl (C=O) groups excluding carboxylic acids is 2. The van der Waals surface area contributed by atoms with Crippen LogP contribution in [0.15, 0.2) is 42.5 Å². The van der Waals surface area contributed by atoms with E-state index < -0.39 is 0 Å². The summed E-state index contributed by atoms with van der Waals surface area (Å²) in [7, 11) is 1.54. The van der Waals surface area contributed by atoms with E-state index in [9.17, 15) is 9.59 Å². The number of methoxy groups -OCH3 is 1. The van der Waals surface area contributed by atoms with Crippen LogP contribution in [0.3, 0.4) is 0 Å². The lowest BCUT2D eigenvalue weighted by atomic mass is 10.1. The van der Waals surface area contributed by atoms with Gasteiger partial charge in [-0.2, -0.15) is 0 Å². The number of ether oxygens (including phenoxy) is 1. The molecule has 0 aliphatic rings. The molecule has 0 unspecified atom stereocenters. The van der Waals surface area contributed by atoms with E-state index in [1.807, 2.05) is 32.0 Å². The monoisotopic (exact) mass is 312 g/mol. The summed E-state index contributed by atoms with van der Waals surface area (Å²) in [5.41, 5.74) is 3.31. The predicted molar refractivity (Wildman–Crippen MR) is 89.9 cm³/mol. The molecule has 2 aromatic carbocycles. The fourth-order valence-corrected chi connectivity index (χ4v) is 2.28. The Labute approximate surface area is 135 Å². The van der Waals surface area contributed by atoms with Crippen molar-refractivity contribution in [1.82, 2.24) is 5.32 Å². The number of carbonyl (C=O) groups is 2. The third-order valence-electron chi connectivity index (χ3n) is 3.25. The highest BCUT2D eigenvalue weighted by atomic mass is 16.5. The second kappa shape index (κ2) is 7.45. The third-order valence-corrected chi connectivity index (χ3v) is 3.25. The summed E-state index contributed by atoms with van der Waals surface area (Å²) in [5, 5.41) is 5.37. The SMILES string of the molecule is COc1cccc(C(=O)NCC(=O)Nc2cc(C)cc(C)c2)c1. The van der Waals surface area contributed by atoms with E-state index in [-0.39, 0.29) is 18.4 Å². The second-order valence-electron chi connectivity index (χ2n) is 5.34. The standard InChI is InChI=1S/C18H20N2O3/c1-12-7-13(2)9-15(8-12)20-17(21)11-19-18(22)14-5-4-6-16(10-14)23-3/h4-10H,11H2,1-3H3,(H,19,22)(H,20,21). The van der Waals surface area contributed by atoms with Crippen molar-refractivity contribution in [1.29, 1.82) is 0 Å². The van der Waals surface area contributed by atoms with Crippen molar-refractivity contribution in [3.63, 3.8) is 0 Å². The fraction of sp³-hybridized carbons (Fsp3) is 0.222. The van der Waals surface area contributed by atoms with Gasteiger partial charge in [-0.25, -0.2) is 0 Å². The van der Waals surface area contributed by atoms with Crippen molar-refractivity contribution >= 4 is 17.5 Å². The second-order valence-corrected chi connectivity index (χ2v) is 5.34. The zero-order valence-electron chi connectivity index (χ0n) is 13.5. The molecule has 0 aromatic heterocycles. The summed E-state index contributed by atoms with van der Waals surface area (Å²) in [6, 6.07) is 12.6. The van der Waals surface area contributed by atoms with Crippen molar-refractivity contribution in [3.05, 3.63) is 59.2 Å². The Balaban J connectivity index is 1.92. The van der Waals surface area contributed by atoms with Crippen molar-refractivity contribution in [2.45, 2.75) is 13.8 Å². The molecule has 23 heavy (non-hydrogen) atoms. The van der Waals surface area contributed by atoms with E-state index in [4.69, 9.17) is 4.74 Å². The lowest BCUT2D eigenvalue weighted by Gasteiger charge is -2.09. The van der Waals surface area contributed by atoms with Crippen LogP contribution in [0.5, 0.6) is 5.75 Å². The molecule has 0 atom stereocenters. The summed E-state index contributed by atoms with van der Waals surface area (Å²) >= 11 is 0. The Hall–Kier alpha value is -2.82. The molecule has 0 heterocycles. The molecule has 0 saturated carbocycles. The van der Waals surface area contributed by atoms with Crippen LogP contribution < -0.4 is 15.4 Å². The molecule has 0 spiro atoms. The molecule has 2 aromatic rings. The molecule has 2 amide bonds. The molecule has 0 bridgehead atoms. The van der Waals surface area contributed by atoms with Crippen LogP contribution in [-0.4, -0.2) is 25.5 Å². The average molecular weight is 312 g/mol. The number of aryl methyl sites for hydroxylation is 2. The minimum Gasteiger partial charge on any atom is -0.497 e. The molecule has 0 aliphatic carbocycles. The van der Waals surface area contributed by atoms with Crippen molar-refractivity contribution in [2.75, 3.05) is 19.0 Å². The van der Waals surface area contributed by atoms with Gasteiger partial charge >= 0.3 is 0 Å². The maximum Gasteiger partial charge on any atom is 0.251 e. The van der Waals surface area contributed by atoms with Crippen LogP contribution in [0, 0.1) is 13.8 Å². The summed E-state index contributed by atoms with van der Waals surface area (Å²) < 4.78 is 5.07. The highest BCUT2D eigenvalue weighted by Crippen LogP contribution is 2.14. The molecule has 5 nitrogen and oxygen atoms in total. The van der Waals surface area contributed by atoms with Gasteiger partial charge in [-0.15, -0.1) is 0 Å². The first kappa shape index (κ1) is 16.5. The lowest BCUT2D eigenvalue weighted by molar-refractivity contribution is -0.115. The van der Waals surface area contributed by atoms with Crippen molar-refractivity contribution in [2.24, 2.45) is 0 Å². The van der Waals surface area contributed by atoms with Gasteiger partial charge in [-0.05, 0) is 55.3 Å². The van der Waals surface area contributed by atoms with E-state index in [1.54, 1.807) is 24.3 Å². The van der Waals surface area contributed by atoms with Gasteiger partial charge in [-0.3, -0.25) is 9.59 Å². The maximum absolute atomic E-state index is 12.0. The zero-order valence-corrected chi connectivity index (χ0v) is 13.5. The number of benzene rings is 2. The smallest absolute Gasteiger partial charge is 0.251 e. The molecule has 2 rings (SSSR count). The van der Waals surface area contributed by atoms with E-state index in [0.717, 1.165) is 16.8 Å². The first-order valence-corrected chi connectivity index (χ1v) is 7.28. The number of hydrogen-bond acceptors (Lipinski definition) is 3. The first-order valence-electron chi connectivity index (χ1n) is 7.28. The van der Waals surface area contributed by atoms with Gasteiger partial charge in [0, 0.05) is 11.3 Å². The Morgan fingerprint density at radius 3 is 2.39 bits per heavy atom. The van der Waals surface area contributed by atoms with Crippen molar-refractivity contribution < 1.29 is 14.3 Å². The van der Waals surface area contributed by atoms with Gasteiger partial charge in [-0.1, -0.05) is 12.1 Å². The van der Waals surface area contributed by atoms with Crippen molar-refractivity contribution in [3.8, 4) is 5.75 Å². The summed E-state index contributed by atoms with van der Waals surface area (Å²) in [6.45, 7) is 3.84. The molecular formula is C18H20N2O3. The molecule has 0 saturated heterocycles. The molecule has 0 radical (unpaired) electrons. The topological polar surface area (TPSA) is 67.4 Å². The van der Waals surface area contributed by atoms with Crippen LogP contribution >= 0.6 is 0 Å². The van der Waals surface area contributed by atoms with Gasteiger partial charge < -0.3 is 15.4 Å².